The fourth-order valence-corrected chi connectivity index (χ4v) is 2.01. The van der Waals surface area contributed by atoms with Gasteiger partial charge in [-0.1, -0.05) is 43.7 Å². The van der Waals surface area contributed by atoms with Crippen molar-refractivity contribution in [3.05, 3.63) is 35.9 Å². The predicted octanol–water partition coefficient (Wildman–Crippen LogP) is 2.22. The van der Waals surface area contributed by atoms with Crippen LogP contribution in [0.25, 0.3) is 0 Å². The van der Waals surface area contributed by atoms with Crippen molar-refractivity contribution in [3.8, 4) is 0 Å². The fourth-order valence-electron chi connectivity index (χ4n) is 2.01. The second kappa shape index (κ2) is 7.53. The van der Waals surface area contributed by atoms with Gasteiger partial charge in [-0.15, -0.1) is 0 Å². The highest BCUT2D eigenvalue weighted by molar-refractivity contribution is 5.86. The van der Waals surface area contributed by atoms with Crippen molar-refractivity contribution in [2.45, 2.75) is 38.8 Å². The van der Waals surface area contributed by atoms with E-state index in [-0.39, 0.29) is 6.03 Å². The molecule has 0 saturated carbocycles. The Kier molecular flexibility index (Phi) is 6.03. The van der Waals surface area contributed by atoms with Gasteiger partial charge in [0.25, 0.3) is 0 Å². The highest BCUT2D eigenvalue weighted by atomic mass is 16.5. The minimum absolute atomic E-state index is 0.379. The van der Waals surface area contributed by atoms with Crippen LogP contribution >= 0.6 is 0 Å². The predicted molar refractivity (Wildman–Crippen MR) is 77.1 cm³/mol. The maximum absolute atomic E-state index is 11.9. The van der Waals surface area contributed by atoms with Gasteiger partial charge in [0.1, 0.15) is 5.54 Å². The van der Waals surface area contributed by atoms with Crippen LogP contribution in [0.2, 0.25) is 0 Å². The molecule has 0 heterocycles. The molecule has 0 aromatic heterocycles. The molecule has 2 N–H and O–H groups in total. The molecule has 1 rings (SSSR count). The van der Waals surface area contributed by atoms with E-state index in [4.69, 9.17) is 4.74 Å². The lowest BCUT2D eigenvalue weighted by molar-refractivity contribution is -0.147. The molecule has 0 aliphatic carbocycles. The first-order valence-electron chi connectivity index (χ1n) is 6.70. The number of nitrogens with one attached hydrogen (secondary N) is 2. The highest BCUT2D eigenvalue weighted by Crippen LogP contribution is 2.14. The second-order valence-corrected chi connectivity index (χ2v) is 4.87. The summed E-state index contributed by atoms with van der Waals surface area (Å²) >= 11 is 0. The monoisotopic (exact) mass is 278 g/mol. The lowest BCUT2D eigenvalue weighted by Gasteiger charge is -2.27. The third-order valence-electron chi connectivity index (χ3n) is 3.07. The number of hydrogen-bond acceptors (Lipinski definition) is 3. The van der Waals surface area contributed by atoms with Crippen LogP contribution in [0.5, 0.6) is 0 Å². The van der Waals surface area contributed by atoms with Gasteiger partial charge in [-0.05, 0) is 18.9 Å². The molecule has 5 heteroatoms. The zero-order chi connectivity index (χ0) is 15.0. The molecule has 1 aromatic carbocycles. The van der Waals surface area contributed by atoms with E-state index in [2.05, 4.69) is 10.6 Å². The van der Waals surface area contributed by atoms with Crippen molar-refractivity contribution in [3.63, 3.8) is 0 Å². The first kappa shape index (κ1) is 16.0. The van der Waals surface area contributed by atoms with Crippen molar-refractivity contribution < 1.29 is 14.3 Å². The van der Waals surface area contributed by atoms with Crippen LogP contribution in [-0.4, -0.2) is 24.6 Å². The first-order chi connectivity index (χ1) is 9.51. The van der Waals surface area contributed by atoms with E-state index in [1.165, 1.54) is 7.11 Å². The molecule has 1 unspecified atom stereocenters. The molecule has 0 bridgehead atoms. The average Bonchev–Trinajstić information content (AvgIpc) is 2.45. The molecule has 1 aromatic rings. The summed E-state index contributed by atoms with van der Waals surface area (Å²) in [5.74, 6) is -0.436. The van der Waals surface area contributed by atoms with Gasteiger partial charge < -0.3 is 15.4 Å². The Morgan fingerprint density at radius 2 is 1.90 bits per heavy atom. The van der Waals surface area contributed by atoms with E-state index in [0.29, 0.717) is 13.0 Å². The zero-order valence-electron chi connectivity index (χ0n) is 12.2. The molecule has 0 spiro atoms. The fraction of sp³-hybridized carbons (Fsp3) is 0.467. The van der Waals surface area contributed by atoms with Crippen LogP contribution in [0, 0.1) is 0 Å². The topological polar surface area (TPSA) is 67.4 Å². The number of benzene rings is 1. The molecule has 20 heavy (non-hydrogen) atoms. The molecule has 2 amide bonds. The number of esters is 1. The standard InChI is InChI=1S/C15H22N2O3/c1-4-10-15(2,13(18)20-3)17-14(19)16-11-12-8-6-5-7-9-12/h5-9H,4,10-11H2,1-3H3,(H2,16,17,19). The molecule has 0 aliphatic rings. The van der Waals surface area contributed by atoms with Gasteiger partial charge in [-0.25, -0.2) is 9.59 Å². The number of urea groups is 1. The van der Waals surface area contributed by atoms with Crippen LogP contribution in [0.4, 0.5) is 4.79 Å². The Labute approximate surface area is 119 Å². The summed E-state index contributed by atoms with van der Waals surface area (Å²) in [6, 6.07) is 9.20. The summed E-state index contributed by atoms with van der Waals surface area (Å²) in [5.41, 5.74) is 0.00230. The van der Waals surface area contributed by atoms with Crippen molar-refractivity contribution in [2.24, 2.45) is 0 Å². The maximum atomic E-state index is 11.9. The number of methoxy groups -OCH3 is 1. The largest absolute Gasteiger partial charge is 0.467 e. The maximum Gasteiger partial charge on any atom is 0.331 e. The van der Waals surface area contributed by atoms with Gasteiger partial charge in [0.2, 0.25) is 0 Å². The van der Waals surface area contributed by atoms with E-state index >= 15 is 0 Å². The molecule has 0 aliphatic heterocycles. The molecule has 5 nitrogen and oxygen atoms in total. The third-order valence-corrected chi connectivity index (χ3v) is 3.07. The number of ether oxygens (including phenoxy) is 1. The molecule has 0 saturated heterocycles. The van der Waals surface area contributed by atoms with Crippen molar-refractivity contribution in [1.29, 1.82) is 0 Å². The summed E-state index contributed by atoms with van der Waals surface area (Å²) < 4.78 is 4.75. The zero-order valence-corrected chi connectivity index (χ0v) is 12.2. The second-order valence-electron chi connectivity index (χ2n) is 4.87. The Morgan fingerprint density at radius 3 is 2.45 bits per heavy atom. The van der Waals surface area contributed by atoms with Gasteiger partial charge in [-0.2, -0.15) is 0 Å². The molecular formula is C15H22N2O3. The molecule has 110 valence electrons. The van der Waals surface area contributed by atoms with Gasteiger partial charge in [0.05, 0.1) is 7.11 Å². The van der Waals surface area contributed by atoms with Crippen LogP contribution in [0.3, 0.4) is 0 Å². The van der Waals surface area contributed by atoms with E-state index in [0.717, 1.165) is 12.0 Å². The van der Waals surface area contributed by atoms with Gasteiger partial charge in [0, 0.05) is 6.54 Å². The van der Waals surface area contributed by atoms with Crippen LogP contribution < -0.4 is 10.6 Å². The normalized spacial score (nSPS) is 13.2. The number of amides is 2. The van der Waals surface area contributed by atoms with Gasteiger partial charge in [0.15, 0.2) is 0 Å². The van der Waals surface area contributed by atoms with E-state index in [1.807, 2.05) is 37.3 Å². The highest BCUT2D eigenvalue weighted by Gasteiger charge is 2.34. The summed E-state index contributed by atoms with van der Waals surface area (Å²) in [6.07, 6.45) is 1.29. The molecule has 1 atom stereocenters. The van der Waals surface area contributed by atoms with Gasteiger partial charge >= 0.3 is 12.0 Å². The lowest BCUT2D eigenvalue weighted by atomic mass is 9.96. The first-order valence-corrected chi connectivity index (χ1v) is 6.70. The summed E-state index contributed by atoms with van der Waals surface area (Å²) in [5, 5.41) is 5.42. The minimum atomic E-state index is -0.996. The van der Waals surface area contributed by atoms with Crippen LogP contribution in [-0.2, 0) is 16.1 Å². The Bertz CT molecular complexity index is 448. The van der Waals surface area contributed by atoms with Crippen molar-refractivity contribution >= 4 is 12.0 Å². The third kappa shape index (κ3) is 4.57. The molecule has 0 fully saturated rings. The summed E-state index contributed by atoms with van der Waals surface area (Å²) in [4.78, 5) is 23.7. The molecule has 0 radical (unpaired) electrons. The van der Waals surface area contributed by atoms with Crippen LogP contribution in [0.1, 0.15) is 32.3 Å². The number of rotatable bonds is 6. The van der Waals surface area contributed by atoms with Crippen molar-refractivity contribution in [2.75, 3.05) is 7.11 Å². The number of hydrogen-bond donors (Lipinski definition) is 2. The van der Waals surface area contributed by atoms with E-state index in [1.54, 1.807) is 6.92 Å². The Morgan fingerprint density at radius 1 is 1.25 bits per heavy atom. The summed E-state index contributed by atoms with van der Waals surface area (Å²) in [6.45, 7) is 4.03. The van der Waals surface area contributed by atoms with Crippen molar-refractivity contribution in [1.82, 2.24) is 10.6 Å². The van der Waals surface area contributed by atoms with Crippen LogP contribution in [0.15, 0.2) is 30.3 Å². The van der Waals surface area contributed by atoms with E-state index < -0.39 is 11.5 Å². The molecular weight excluding hydrogens is 256 g/mol. The SMILES string of the molecule is CCCC(C)(NC(=O)NCc1ccccc1)C(=O)OC. The Hall–Kier alpha value is -2.04. The average molecular weight is 278 g/mol. The van der Waals surface area contributed by atoms with E-state index in [9.17, 15) is 9.59 Å². The van der Waals surface area contributed by atoms with Gasteiger partial charge in [-0.3, -0.25) is 0 Å². The minimum Gasteiger partial charge on any atom is -0.467 e. The quantitative estimate of drug-likeness (QED) is 0.784. The smallest absolute Gasteiger partial charge is 0.331 e. The number of carbonyl (C=O) groups is 2. The number of carbonyl (C=O) groups excluding carboxylic acids is 2. The lowest BCUT2D eigenvalue weighted by Crippen LogP contribution is -2.55. The summed E-state index contributed by atoms with van der Waals surface area (Å²) in [7, 11) is 1.32. The Balaban J connectivity index is 2.56.